The largest absolute Gasteiger partial charge is 0.459 e. The molecule has 0 bridgehead atoms. The molecule has 26 heavy (non-hydrogen) atoms. The van der Waals surface area contributed by atoms with Crippen LogP contribution < -0.4 is 10.6 Å². The molecule has 1 heterocycles. The number of hydrogen-bond acceptors (Lipinski definition) is 3. The van der Waals surface area contributed by atoms with Gasteiger partial charge in [-0.2, -0.15) is 0 Å². The molecule has 2 amide bonds. The van der Waals surface area contributed by atoms with E-state index in [0.29, 0.717) is 22.9 Å². The summed E-state index contributed by atoms with van der Waals surface area (Å²) < 4.78 is 5.14. The Labute approximate surface area is 162 Å². The summed E-state index contributed by atoms with van der Waals surface area (Å²) in [5, 5.41) is 6.79. The van der Waals surface area contributed by atoms with E-state index in [9.17, 15) is 9.59 Å². The molecule has 1 aliphatic rings. The van der Waals surface area contributed by atoms with E-state index in [1.165, 1.54) is 6.26 Å². The Hall–Kier alpha value is -1.98. The molecule has 0 atom stereocenters. The second-order valence-electron chi connectivity index (χ2n) is 6.53. The van der Waals surface area contributed by atoms with Crippen LogP contribution in [0, 0.1) is 0 Å². The summed E-state index contributed by atoms with van der Waals surface area (Å²) in [6.07, 6.45) is 3.92. The van der Waals surface area contributed by atoms with E-state index < -0.39 is 5.54 Å². The fourth-order valence-electron chi connectivity index (χ4n) is 3.59. The number of carbonyl (C=O) groups is 2. The molecule has 138 valence electrons. The van der Waals surface area contributed by atoms with Crippen molar-refractivity contribution in [2.75, 3.05) is 7.05 Å². The first-order valence-electron chi connectivity index (χ1n) is 8.48. The zero-order valence-corrected chi connectivity index (χ0v) is 15.9. The van der Waals surface area contributed by atoms with Crippen molar-refractivity contribution >= 4 is 35.0 Å². The van der Waals surface area contributed by atoms with Crippen LogP contribution >= 0.6 is 23.2 Å². The average molecular weight is 395 g/mol. The Morgan fingerprint density at radius 3 is 2.50 bits per heavy atom. The Morgan fingerprint density at radius 2 is 1.92 bits per heavy atom. The molecular weight excluding hydrogens is 375 g/mol. The first kappa shape index (κ1) is 18.8. The summed E-state index contributed by atoms with van der Waals surface area (Å²) in [5.41, 5.74) is 0.0764. The van der Waals surface area contributed by atoms with E-state index in [0.717, 1.165) is 18.4 Å². The molecule has 1 saturated carbocycles. The highest BCUT2D eigenvalue weighted by atomic mass is 35.5. The molecule has 0 saturated heterocycles. The van der Waals surface area contributed by atoms with Crippen molar-refractivity contribution in [1.82, 2.24) is 10.6 Å². The van der Waals surface area contributed by atoms with Crippen LogP contribution in [-0.2, 0) is 4.79 Å². The molecule has 2 N–H and O–H groups in total. The molecule has 1 aromatic carbocycles. The predicted molar refractivity (Wildman–Crippen MR) is 101 cm³/mol. The van der Waals surface area contributed by atoms with Gasteiger partial charge in [0.15, 0.2) is 5.76 Å². The number of amides is 2. The van der Waals surface area contributed by atoms with Crippen molar-refractivity contribution in [3.05, 3.63) is 58.0 Å². The Balaban J connectivity index is 1.77. The minimum Gasteiger partial charge on any atom is -0.459 e. The summed E-state index contributed by atoms with van der Waals surface area (Å²) in [5.74, 6) is -0.172. The number of rotatable bonds is 4. The molecule has 7 heteroatoms. The Kier molecular flexibility index (Phi) is 5.58. The van der Waals surface area contributed by atoms with Crippen LogP contribution in [0.4, 0.5) is 0 Å². The SMILES string of the molecule is CNC(=O)C1(NC(=O)c2ccco2)CCC(c2ccc(Cl)cc2Cl)CC1. The van der Waals surface area contributed by atoms with Crippen molar-refractivity contribution in [3.63, 3.8) is 0 Å². The van der Waals surface area contributed by atoms with Crippen molar-refractivity contribution < 1.29 is 14.0 Å². The van der Waals surface area contributed by atoms with E-state index in [-0.39, 0.29) is 23.5 Å². The predicted octanol–water partition coefficient (Wildman–Crippen LogP) is 4.16. The number of nitrogens with one attached hydrogen (secondary N) is 2. The van der Waals surface area contributed by atoms with Gasteiger partial charge in [-0.1, -0.05) is 29.3 Å². The van der Waals surface area contributed by atoms with Crippen LogP contribution in [0.2, 0.25) is 10.0 Å². The van der Waals surface area contributed by atoms with Gasteiger partial charge in [0.05, 0.1) is 6.26 Å². The summed E-state index contributed by atoms with van der Waals surface area (Å²) in [6.45, 7) is 0. The summed E-state index contributed by atoms with van der Waals surface area (Å²) >= 11 is 12.3. The third-order valence-electron chi connectivity index (χ3n) is 5.00. The van der Waals surface area contributed by atoms with Crippen molar-refractivity contribution in [1.29, 1.82) is 0 Å². The Morgan fingerprint density at radius 1 is 1.19 bits per heavy atom. The molecule has 1 fully saturated rings. The lowest BCUT2D eigenvalue weighted by molar-refractivity contribution is -0.128. The van der Waals surface area contributed by atoms with Gasteiger partial charge >= 0.3 is 0 Å². The van der Waals surface area contributed by atoms with Crippen molar-refractivity contribution in [3.8, 4) is 0 Å². The van der Waals surface area contributed by atoms with Gasteiger partial charge in [0.25, 0.3) is 5.91 Å². The number of benzene rings is 1. The van der Waals surface area contributed by atoms with Gasteiger partial charge in [-0.15, -0.1) is 0 Å². The van der Waals surface area contributed by atoms with Crippen LogP contribution in [-0.4, -0.2) is 24.4 Å². The monoisotopic (exact) mass is 394 g/mol. The van der Waals surface area contributed by atoms with Crippen LogP contribution in [0.25, 0.3) is 0 Å². The van der Waals surface area contributed by atoms with Crippen LogP contribution in [0.1, 0.15) is 47.7 Å². The van der Waals surface area contributed by atoms with E-state index in [1.807, 2.05) is 12.1 Å². The maximum Gasteiger partial charge on any atom is 0.287 e. The minimum absolute atomic E-state index is 0.191. The first-order chi connectivity index (χ1) is 12.4. The number of halogens is 2. The second kappa shape index (κ2) is 7.72. The molecule has 0 aliphatic heterocycles. The summed E-state index contributed by atoms with van der Waals surface area (Å²) in [7, 11) is 1.57. The molecule has 1 aromatic heterocycles. The van der Waals surface area contributed by atoms with E-state index >= 15 is 0 Å². The fraction of sp³-hybridized carbons (Fsp3) is 0.368. The number of furan rings is 1. The van der Waals surface area contributed by atoms with E-state index in [4.69, 9.17) is 27.6 Å². The number of likely N-dealkylation sites (N-methyl/N-ethyl adjacent to an activating group) is 1. The smallest absolute Gasteiger partial charge is 0.287 e. The van der Waals surface area contributed by atoms with Gasteiger partial charge in [-0.3, -0.25) is 9.59 Å². The van der Waals surface area contributed by atoms with Gasteiger partial charge in [0.1, 0.15) is 5.54 Å². The summed E-state index contributed by atoms with van der Waals surface area (Å²) in [4.78, 5) is 25.0. The van der Waals surface area contributed by atoms with Gasteiger partial charge in [0.2, 0.25) is 5.91 Å². The van der Waals surface area contributed by atoms with Crippen LogP contribution in [0.3, 0.4) is 0 Å². The zero-order chi connectivity index (χ0) is 18.7. The summed E-state index contributed by atoms with van der Waals surface area (Å²) in [6, 6.07) is 8.70. The van der Waals surface area contributed by atoms with Crippen molar-refractivity contribution in [2.24, 2.45) is 0 Å². The number of carbonyl (C=O) groups excluding carboxylic acids is 2. The normalized spacial score (nSPS) is 22.7. The van der Waals surface area contributed by atoms with Gasteiger partial charge < -0.3 is 15.1 Å². The molecule has 0 radical (unpaired) electrons. The molecule has 0 unspecified atom stereocenters. The zero-order valence-electron chi connectivity index (χ0n) is 14.4. The molecule has 3 rings (SSSR count). The molecule has 2 aromatic rings. The Bertz CT molecular complexity index is 797. The molecular formula is C19H20Cl2N2O3. The lowest BCUT2D eigenvalue weighted by atomic mass is 9.73. The highest BCUT2D eigenvalue weighted by Crippen LogP contribution is 2.41. The average Bonchev–Trinajstić information content (AvgIpc) is 3.17. The maximum atomic E-state index is 12.5. The van der Waals surface area contributed by atoms with Gasteiger partial charge in [0, 0.05) is 17.1 Å². The van der Waals surface area contributed by atoms with Gasteiger partial charge in [-0.25, -0.2) is 0 Å². The highest BCUT2D eigenvalue weighted by molar-refractivity contribution is 6.35. The van der Waals surface area contributed by atoms with E-state index in [1.54, 1.807) is 25.2 Å². The third-order valence-corrected chi connectivity index (χ3v) is 5.56. The molecule has 5 nitrogen and oxygen atoms in total. The topological polar surface area (TPSA) is 71.3 Å². The molecule has 0 spiro atoms. The number of hydrogen-bond donors (Lipinski definition) is 2. The third kappa shape index (κ3) is 3.74. The van der Waals surface area contributed by atoms with Crippen LogP contribution in [0.15, 0.2) is 41.0 Å². The first-order valence-corrected chi connectivity index (χ1v) is 9.24. The minimum atomic E-state index is -0.950. The standard InChI is InChI=1S/C19H20Cl2N2O3/c1-22-18(25)19(23-17(24)16-3-2-10-26-16)8-6-12(7-9-19)14-5-4-13(20)11-15(14)21/h2-5,10-12H,6-9H2,1H3,(H,22,25)(H,23,24). The highest BCUT2D eigenvalue weighted by Gasteiger charge is 2.43. The van der Waals surface area contributed by atoms with E-state index in [2.05, 4.69) is 10.6 Å². The molecule has 1 aliphatic carbocycles. The lowest BCUT2D eigenvalue weighted by Crippen LogP contribution is -2.59. The maximum absolute atomic E-state index is 12.5. The fourth-order valence-corrected chi connectivity index (χ4v) is 4.15. The quantitative estimate of drug-likeness (QED) is 0.817. The second-order valence-corrected chi connectivity index (χ2v) is 7.38. The van der Waals surface area contributed by atoms with Crippen molar-refractivity contribution in [2.45, 2.75) is 37.1 Å². The van der Waals surface area contributed by atoms with Crippen LogP contribution in [0.5, 0.6) is 0 Å². The lowest BCUT2D eigenvalue weighted by Gasteiger charge is -2.39. The van der Waals surface area contributed by atoms with Gasteiger partial charge in [-0.05, 0) is 61.4 Å².